The molecule has 1 aliphatic carbocycles. The molecule has 0 radical (unpaired) electrons. The van der Waals surface area contributed by atoms with Crippen LogP contribution < -0.4 is 9.47 Å². The molecular weight excluding hydrogens is 378 g/mol. The van der Waals surface area contributed by atoms with E-state index in [-0.39, 0.29) is 23.7 Å². The third-order valence-electron chi connectivity index (χ3n) is 5.65. The SMILES string of the molecule is COc1ccc(C(=O)COC(=O)[C@H](C)N2C(=O)[C@H]3CCCC[C@@H]3C2=O)cc1OC. The van der Waals surface area contributed by atoms with Crippen LogP contribution in [0.25, 0.3) is 0 Å². The summed E-state index contributed by atoms with van der Waals surface area (Å²) >= 11 is 0. The van der Waals surface area contributed by atoms with Crippen molar-refractivity contribution < 1.29 is 33.4 Å². The van der Waals surface area contributed by atoms with Gasteiger partial charge in [0.15, 0.2) is 23.9 Å². The van der Waals surface area contributed by atoms with Gasteiger partial charge in [0.05, 0.1) is 26.1 Å². The molecule has 3 rings (SSSR count). The van der Waals surface area contributed by atoms with Gasteiger partial charge in [0, 0.05) is 5.56 Å². The first-order chi connectivity index (χ1) is 13.9. The van der Waals surface area contributed by atoms with Crippen LogP contribution in [0.1, 0.15) is 43.0 Å². The third-order valence-corrected chi connectivity index (χ3v) is 5.65. The van der Waals surface area contributed by atoms with Crippen molar-refractivity contribution in [3.05, 3.63) is 23.8 Å². The Bertz CT molecular complexity index is 810. The molecule has 0 aromatic heterocycles. The highest BCUT2D eigenvalue weighted by atomic mass is 16.5. The second kappa shape index (κ2) is 8.63. The molecule has 0 N–H and O–H groups in total. The zero-order valence-electron chi connectivity index (χ0n) is 16.8. The molecule has 1 saturated carbocycles. The summed E-state index contributed by atoms with van der Waals surface area (Å²) in [5, 5.41) is 0. The number of ketones is 1. The lowest BCUT2D eigenvalue weighted by atomic mass is 9.81. The highest BCUT2D eigenvalue weighted by Crippen LogP contribution is 2.39. The number of nitrogens with zero attached hydrogens (tertiary/aromatic N) is 1. The lowest BCUT2D eigenvalue weighted by Gasteiger charge is -2.21. The Hall–Kier alpha value is -2.90. The fourth-order valence-electron chi connectivity index (χ4n) is 4.03. The fraction of sp³-hybridized carbons (Fsp3) is 0.524. The van der Waals surface area contributed by atoms with Crippen molar-refractivity contribution in [1.29, 1.82) is 0 Å². The van der Waals surface area contributed by atoms with E-state index in [1.165, 1.54) is 27.2 Å². The van der Waals surface area contributed by atoms with E-state index in [4.69, 9.17) is 14.2 Å². The smallest absolute Gasteiger partial charge is 0.329 e. The lowest BCUT2D eigenvalue weighted by molar-refractivity contribution is -0.157. The summed E-state index contributed by atoms with van der Waals surface area (Å²) in [6, 6.07) is 3.56. The zero-order valence-corrected chi connectivity index (χ0v) is 16.8. The summed E-state index contributed by atoms with van der Waals surface area (Å²) in [4.78, 5) is 51.0. The predicted molar refractivity (Wildman–Crippen MR) is 102 cm³/mol. The summed E-state index contributed by atoms with van der Waals surface area (Å²) in [5.74, 6) is -1.64. The van der Waals surface area contributed by atoms with E-state index >= 15 is 0 Å². The van der Waals surface area contributed by atoms with Crippen molar-refractivity contribution in [2.75, 3.05) is 20.8 Å². The Morgan fingerprint density at radius 3 is 2.17 bits per heavy atom. The molecule has 2 aliphatic rings. The minimum absolute atomic E-state index is 0.294. The molecule has 0 bridgehead atoms. The van der Waals surface area contributed by atoms with Crippen LogP contribution in [-0.4, -0.2) is 55.3 Å². The molecule has 2 amide bonds. The molecule has 1 aromatic carbocycles. The van der Waals surface area contributed by atoms with Gasteiger partial charge in [0.25, 0.3) is 0 Å². The molecule has 2 fully saturated rings. The van der Waals surface area contributed by atoms with Crippen molar-refractivity contribution in [2.45, 2.75) is 38.6 Å². The van der Waals surface area contributed by atoms with Gasteiger partial charge in [-0.1, -0.05) is 12.8 Å². The van der Waals surface area contributed by atoms with E-state index in [9.17, 15) is 19.2 Å². The molecule has 3 atom stereocenters. The number of rotatable bonds is 7. The van der Waals surface area contributed by atoms with E-state index in [1.54, 1.807) is 12.1 Å². The number of likely N-dealkylation sites (tertiary alicyclic amines) is 1. The molecule has 8 nitrogen and oxygen atoms in total. The maximum Gasteiger partial charge on any atom is 0.329 e. The molecule has 1 aliphatic heterocycles. The number of carbonyl (C=O) groups is 4. The first kappa shape index (κ1) is 20.8. The van der Waals surface area contributed by atoms with Crippen LogP contribution in [0.4, 0.5) is 0 Å². The average molecular weight is 403 g/mol. The number of carbonyl (C=O) groups excluding carboxylic acids is 4. The first-order valence-electron chi connectivity index (χ1n) is 9.67. The van der Waals surface area contributed by atoms with E-state index in [0.717, 1.165) is 17.7 Å². The molecule has 1 saturated heterocycles. The topological polar surface area (TPSA) is 99.2 Å². The van der Waals surface area contributed by atoms with Crippen molar-refractivity contribution in [3.63, 3.8) is 0 Å². The normalized spacial score (nSPS) is 22.1. The summed E-state index contributed by atoms with van der Waals surface area (Å²) < 4.78 is 15.4. The van der Waals surface area contributed by atoms with Gasteiger partial charge in [-0.3, -0.25) is 19.3 Å². The number of hydrogen-bond acceptors (Lipinski definition) is 7. The van der Waals surface area contributed by atoms with Crippen LogP contribution in [0.5, 0.6) is 11.5 Å². The van der Waals surface area contributed by atoms with Gasteiger partial charge in [-0.15, -0.1) is 0 Å². The number of fused-ring (bicyclic) bond motifs is 1. The summed E-state index contributed by atoms with van der Waals surface area (Å²) in [6.07, 6.45) is 3.16. The maximum absolute atomic E-state index is 12.6. The fourth-order valence-corrected chi connectivity index (χ4v) is 4.03. The van der Waals surface area contributed by atoms with Gasteiger partial charge in [0.1, 0.15) is 6.04 Å². The number of esters is 1. The molecule has 0 unspecified atom stereocenters. The van der Waals surface area contributed by atoms with Crippen molar-refractivity contribution in [1.82, 2.24) is 4.90 Å². The van der Waals surface area contributed by atoms with Crippen LogP contribution >= 0.6 is 0 Å². The number of ether oxygens (including phenoxy) is 3. The highest BCUT2D eigenvalue weighted by Gasteiger charge is 2.51. The second-order valence-corrected chi connectivity index (χ2v) is 7.32. The van der Waals surface area contributed by atoms with E-state index in [0.29, 0.717) is 29.9 Å². The van der Waals surface area contributed by atoms with Crippen molar-refractivity contribution in [2.24, 2.45) is 11.8 Å². The van der Waals surface area contributed by atoms with Gasteiger partial charge in [0.2, 0.25) is 11.8 Å². The van der Waals surface area contributed by atoms with Gasteiger partial charge in [-0.2, -0.15) is 0 Å². The van der Waals surface area contributed by atoms with Gasteiger partial charge in [-0.25, -0.2) is 4.79 Å². The van der Waals surface area contributed by atoms with E-state index in [2.05, 4.69) is 0 Å². The molecule has 156 valence electrons. The Kier molecular flexibility index (Phi) is 6.20. The van der Waals surface area contributed by atoms with Crippen molar-refractivity contribution in [3.8, 4) is 11.5 Å². The van der Waals surface area contributed by atoms with E-state index in [1.807, 2.05) is 0 Å². The van der Waals surface area contributed by atoms with Gasteiger partial charge < -0.3 is 14.2 Å². The molecule has 8 heteroatoms. The monoisotopic (exact) mass is 403 g/mol. The second-order valence-electron chi connectivity index (χ2n) is 7.32. The summed E-state index contributed by atoms with van der Waals surface area (Å²) in [5.41, 5.74) is 0.294. The van der Waals surface area contributed by atoms with Crippen molar-refractivity contribution >= 4 is 23.6 Å². The standard InChI is InChI=1S/C21H25NO7/c1-12(22-19(24)14-6-4-5-7-15(14)20(22)25)21(26)29-11-16(23)13-8-9-17(27-2)18(10-13)28-3/h8-10,12,14-15H,4-7,11H2,1-3H3/t12-,14-,15-/m0/s1. The largest absolute Gasteiger partial charge is 0.493 e. The number of benzene rings is 1. The summed E-state index contributed by atoms with van der Waals surface area (Å²) in [7, 11) is 2.94. The zero-order chi connectivity index (χ0) is 21.1. The summed E-state index contributed by atoms with van der Waals surface area (Å²) in [6.45, 7) is 0.956. The average Bonchev–Trinajstić information content (AvgIpc) is 3.01. The Morgan fingerprint density at radius 2 is 1.62 bits per heavy atom. The number of Topliss-reactive ketones (excluding diaryl/α,β-unsaturated/α-hetero) is 1. The molecule has 1 heterocycles. The Morgan fingerprint density at radius 1 is 1.03 bits per heavy atom. The quantitative estimate of drug-likeness (QED) is 0.390. The van der Waals surface area contributed by atoms with Crippen LogP contribution in [0.2, 0.25) is 0 Å². The maximum atomic E-state index is 12.6. The Labute approximate surface area is 169 Å². The van der Waals surface area contributed by atoms with Crippen LogP contribution in [0.3, 0.4) is 0 Å². The minimum Gasteiger partial charge on any atom is -0.493 e. The molecule has 0 spiro atoms. The minimum atomic E-state index is -1.06. The number of hydrogen-bond donors (Lipinski definition) is 0. The van der Waals surface area contributed by atoms with Crippen LogP contribution in [0.15, 0.2) is 18.2 Å². The first-order valence-corrected chi connectivity index (χ1v) is 9.67. The van der Waals surface area contributed by atoms with E-state index < -0.39 is 24.4 Å². The molecule has 29 heavy (non-hydrogen) atoms. The third kappa shape index (κ3) is 3.97. The van der Waals surface area contributed by atoms with Crippen LogP contribution in [-0.2, 0) is 19.1 Å². The molecule has 1 aromatic rings. The lowest BCUT2D eigenvalue weighted by Crippen LogP contribution is -2.44. The van der Waals surface area contributed by atoms with Gasteiger partial charge >= 0.3 is 5.97 Å². The predicted octanol–water partition coefficient (Wildman–Crippen LogP) is 1.99. The van der Waals surface area contributed by atoms with Crippen LogP contribution in [0, 0.1) is 11.8 Å². The Balaban J connectivity index is 1.62. The number of imide groups is 1. The van der Waals surface area contributed by atoms with Gasteiger partial charge in [-0.05, 0) is 38.0 Å². The highest BCUT2D eigenvalue weighted by molar-refractivity contribution is 6.08. The number of methoxy groups -OCH3 is 2. The molecular formula is C21H25NO7. The number of amides is 2.